The van der Waals surface area contributed by atoms with Crippen molar-refractivity contribution in [2.45, 2.75) is 25.7 Å². The van der Waals surface area contributed by atoms with Crippen LogP contribution in [-0.4, -0.2) is 34.8 Å². The number of aryl methyl sites for hydroxylation is 1. The zero-order valence-electron chi connectivity index (χ0n) is 15.0. The third-order valence-electron chi connectivity index (χ3n) is 4.89. The van der Waals surface area contributed by atoms with Gasteiger partial charge in [-0.05, 0) is 60.1 Å². The molecule has 2 aromatic rings. The van der Waals surface area contributed by atoms with Crippen LogP contribution in [0.2, 0.25) is 0 Å². The first-order valence-electron chi connectivity index (χ1n) is 9.16. The van der Waals surface area contributed by atoms with Crippen molar-refractivity contribution < 1.29 is 9.59 Å². The van der Waals surface area contributed by atoms with E-state index >= 15 is 0 Å². The maximum absolute atomic E-state index is 12.5. The summed E-state index contributed by atoms with van der Waals surface area (Å²) in [5.74, 6) is 0.679. The van der Waals surface area contributed by atoms with Crippen LogP contribution < -0.4 is 5.32 Å². The number of thiophene rings is 1. The Labute approximate surface area is 162 Å². The van der Waals surface area contributed by atoms with Gasteiger partial charge in [-0.15, -0.1) is 11.3 Å². The Hall–Kier alpha value is -2.73. The maximum Gasteiger partial charge on any atom is 0.246 e. The molecule has 1 fully saturated rings. The molecule has 0 aliphatic carbocycles. The third-order valence-corrected chi connectivity index (χ3v) is 5.71. The number of fused-ring (bicyclic) bond motifs is 1. The van der Waals surface area contributed by atoms with Gasteiger partial charge in [0, 0.05) is 36.7 Å². The molecule has 4 heterocycles. The smallest absolute Gasteiger partial charge is 0.246 e. The molecule has 2 aliphatic rings. The number of pyridine rings is 1. The first-order valence-corrected chi connectivity index (χ1v) is 10.0. The molecule has 0 unspecified atom stereocenters. The van der Waals surface area contributed by atoms with E-state index in [4.69, 9.17) is 0 Å². The number of nitrogens with zero attached hydrogens (tertiary/aromatic N) is 2. The zero-order chi connectivity index (χ0) is 18.6. The van der Waals surface area contributed by atoms with Crippen LogP contribution in [0.4, 0.5) is 5.82 Å². The number of hydrogen-bond donors (Lipinski definition) is 1. The second-order valence-electron chi connectivity index (χ2n) is 6.80. The number of likely N-dealkylation sites (tertiary alicyclic amines) is 1. The molecule has 4 rings (SSSR count). The van der Waals surface area contributed by atoms with Crippen LogP contribution in [0.5, 0.6) is 0 Å². The summed E-state index contributed by atoms with van der Waals surface area (Å²) in [7, 11) is 0. The lowest BCUT2D eigenvalue weighted by Gasteiger charge is -2.27. The van der Waals surface area contributed by atoms with E-state index in [0.717, 1.165) is 37.1 Å². The van der Waals surface area contributed by atoms with E-state index in [1.807, 2.05) is 17.0 Å². The Balaban J connectivity index is 1.35. The van der Waals surface area contributed by atoms with Gasteiger partial charge in [0.15, 0.2) is 0 Å². The van der Waals surface area contributed by atoms with Gasteiger partial charge < -0.3 is 10.2 Å². The van der Waals surface area contributed by atoms with Crippen molar-refractivity contribution in [1.82, 2.24) is 9.88 Å². The molecule has 0 bridgehead atoms. The largest absolute Gasteiger partial charge is 0.339 e. The van der Waals surface area contributed by atoms with Gasteiger partial charge in [0.25, 0.3) is 0 Å². The summed E-state index contributed by atoms with van der Waals surface area (Å²) in [4.78, 5) is 31.3. The first-order chi connectivity index (χ1) is 13.2. The minimum Gasteiger partial charge on any atom is -0.339 e. The lowest BCUT2D eigenvalue weighted by Crippen LogP contribution is -2.35. The predicted octanol–water partition coefficient (Wildman–Crippen LogP) is 3.75. The van der Waals surface area contributed by atoms with Crippen LogP contribution in [0.25, 0.3) is 12.2 Å². The molecule has 2 amide bonds. The van der Waals surface area contributed by atoms with E-state index < -0.39 is 0 Å². The van der Waals surface area contributed by atoms with E-state index in [1.54, 1.807) is 23.6 Å². The number of carbonyl (C=O) groups excluding carboxylic acids is 2. The molecule has 1 N–H and O–H groups in total. The average molecular weight is 379 g/mol. The number of piperidine rings is 1. The van der Waals surface area contributed by atoms with Crippen molar-refractivity contribution in [3.63, 3.8) is 0 Å². The van der Waals surface area contributed by atoms with Crippen LogP contribution in [0.1, 0.15) is 35.3 Å². The molecule has 1 saturated heterocycles. The fraction of sp³-hybridized carbons (Fsp3) is 0.286. The van der Waals surface area contributed by atoms with Gasteiger partial charge >= 0.3 is 0 Å². The minimum absolute atomic E-state index is 0.00562. The SMILES string of the molecule is O=C1CCc2cc(/C=C/C(=O)N3CCC(=Cc4cccs4)CC3)cnc2N1. The van der Waals surface area contributed by atoms with Gasteiger partial charge in [0.1, 0.15) is 5.82 Å². The van der Waals surface area contributed by atoms with E-state index in [1.165, 1.54) is 10.5 Å². The highest BCUT2D eigenvalue weighted by Crippen LogP contribution is 2.23. The van der Waals surface area contributed by atoms with Crippen molar-refractivity contribution in [3.05, 3.63) is 57.4 Å². The maximum atomic E-state index is 12.5. The molecule has 0 aromatic carbocycles. The summed E-state index contributed by atoms with van der Waals surface area (Å²) >= 11 is 1.74. The second kappa shape index (κ2) is 7.88. The lowest BCUT2D eigenvalue weighted by atomic mass is 10.0. The highest BCUT2D eigenvalue weighted by Gasteiger charge is 2.18. The topological polar surface area (TPSA) is 62.3 Å². The summed E-state index contributed by atoms with van der Waals surface area (Å²) in [6.45, 7) is 1.52. The average Bonchev–Trinajstić information content (AvgIpc) is 3.19. The molecule has 0 spiro atoms. The summed E-state index contributed by atoms with van der Waals surface area (Å²) in [5, 5.41) is 4.85. The van der Waals surface area contributed by atoms with Crippen molar-refractivity contribution in [1.29, 1.82) is 0 Å². The minimum atomic E-state index is 0.00562. The normalized spacial score (nSPS) is 17.0. The summed E-state index contributed by atoms with van der Waals surface area (Å²) in [6, 6.07) is 6.17. The van der Waals surface area contributed by atoms with Crippen molar-refractivity contribution in [2.24, 2.45) is 0 Å². The van der Waals surface area contributed by atoms with Crippen molar-refractivity contribution >= 4 is 41.1 Å². The predicted molar refractivity (Wildman–Crippen MR) is 108 cm³/mol. The summed E-state index contributed by atoms with van der Waals surface area (Å²) in [5.41, 5.74) is 3.31. The van der Waals surface area contributed by atoms with Gasteiger partial charge in [-0.1, -0.05) is 11.6 Å². The number of carbonyl (C=O) groups is 2. The van der Waals surface area contributed by atoms with Gasteiger partial charge in [0.05, 0.1) is 0 Å². The molecule has 0 radical (unpaired) electrons. The molecule has 0 saturated carbocycles. The van der Waals surface area contributed by atoms with Crippen molar-refractivity contribution in [3.8, 4) is 0 Å². The molecule has 2 aliphatic heterocycles. The molecule has 6 heteroatoms. The van der Waals surface area contributed by atoms with Crippen LogP contribution in [0, 0.1) is 0 Å². The van der Waals surface area contributed by atoms with Gasteiger partial charge in [-0.2, -0.15) is 0 Å². The van der Waals surface area contributed by atoms with Gasteiger partial charge in [0.2, 0.25) is 11.8 Å². The third kappa shape index (κ3) is 4.34. The number of nitrogens with one attached hydrogen (secondary N) is 1. The fourth-order valence-corrected chi connectivity index (χ4v) is 4.08. The first kappa shape index (κ1) is 17.7. The zero-order valence-corrected chi connectivity index (χ0v) is 15.8. The van der Waals surface area contributed by atoms with Crippen molar-refractivity contribution in [2.75, 3.05) is 18.4 Å². The number of amides is 2. The molecule has 0 atom stereocenters. The Kier molecular flexibility index (Phi) is 5.16. The highest BCUT2D eigenvalue weighted by molar-refractivity contribution is 7.10. The Morgan fingerprint density at radius 1 is 1.22 bits per heavy atom. The van der Waals surface area contributed by atoms with Crippen LogP contribution in [-0.2, 0) is 16.0 Å². The Morgan fingerprint density at radius 3 is 2.85 bits per heavy atom. The number of anilines is 1. The van der Waals surface area contributed by atoms with Crippen LogP contribution >= 0.6 is 11.3 Å². The van der Waals surface area contributed by atoms with Crippen LogP contribution in [0.15, 0.2) is 41.4 Å². The fourth-order valence-electron chi connectivity index (χ4n) is 3.37. The number of hydrogen-bond acceptors (Lipinski definition) is 4. The van der Waals surface area contributed by atoms with E-state index in [2.05, 4.69) is 33.9 Å². The van der Waals surface area contributed by atoms with E-state index in [9.17, 15) is 9.59 Å². The molecule has 27 heavy (non-hydrogen) atoms. The van der Waals surface area contributed by atoms with Crippen LogP contribution in [0.3, 0.4) is 0 Å². The standard InChI is InChI=1S/C21H21N3O2S/c25-19-5-4-17-12-16(14-22-21(17)23-19)3-6-20(26)24-9-7-15(8-10-24)13-18-2-1-11-27-18/h1-3,6,11-14H,4-5,7-10H2,(H,22,23,25)/b6-3+. The highest BCUT2D eigenvalue weighted by atomic mass is 32.1. The van der Waals surface area contributed by atoms with Gasteiger partial charge in [-0.3, -0.25) is 9.59 Å². The quantitative estimate of drug-likeness (QED) is 0.826. The molecule has 138 valence electrons. The Bertz CT molecular complexity index is 906. The number of rotatable bonds is 3. The van der Waals surface area contributed by atoms with E-state index in [-0.39, 0.29) is 11.8 Å². The van der Waals surface area contributed by atoms with E-state index in [0.29, 0.717) is 18.7 Å². The molecule has 5 nitrogen and oxygen atoms in total. The number of aromatic nitrogens is 1. The summed E-state index contributed by atoms with van der Waals surface area (Å²) < 4.78 is 0. The monoisotopic (exact) mass is 379 g/mol. The Morgan fingerprint density at radius 2 is 2.07 bits per heavy atom. The van der Waals surface area contributed by atoms with Gasteiger partial charge in [-0.25, -0.2) is 4.98 Å². The molecule has 2 aromatic heterocycles. The second-order valence-corrected chi connectivity index (χ2v) is 7.78. The molecular formula is C21H21N3O2S. The summed E-state index contributed by atoms with van der Waals surface area (Å²) in [6.07, 6.45) is 10.4. The lowest BCUT2D eigenvalue weighted by molar-refractivity contribution is -0.126. The molecular weight excluding hydrogens is 358 g/mol.